The number of benzene rings is 6. The molecule has 0 saturated heterocycles. The summed E-state index contributed by atoms with van der Waals surface area (Å²) in [6.45, 7) is -0.00961. The third-order valence-corrected chi connectivity index (χ3v) is 8.93. The van der Waals surface area contributed by atoms with Crippen LogP contribution in [0.3, 0.4) is 0 Å². The number of rotatable bonds is 4. The van der Waals surface area contributed by atoms with Crippen molar-refractivity contribution in [1.29, 1.82) is 0 Å². The normalized spacial score (nSPS) is 12.8. The molecule has 0 saturated carbocycles. The summed E-state index contributed by atoms with van der Waals surface area (Å²) in [7, 11) is -1.44. The zero-order valence-corrected chi connectivity index (χ0v) is 21.7. The second kappa shape index (κ2) is 9.47. The smallest absolute Gasteiger partial charge is 0.144 e. The molecule has 1 heterocycles. The maximum absolute atomic E-state index is 14.2. The molecule has 4 nitrogen and oxygen atoms in total. The lowest BCUT2D eigenvalue weighted by atomic mass is 9.99. The van der Waals surface area contributed by atoms with Crippen LogP contribution in [0, 0.1) is 0 Å². The highest BCUT2D eigenvalue weighted by Crippen LogP contribution is 2.47. The predicted octanol–water partition coefficient (Wildman–Crippen LogP) is 7.58. The fourth-order valence-corrected chi connectivity index (χ4v) is 6.94. The Labute approximate surface area is 228 Å². The first-order chi connectivity index (χ1) is 19.1. The minimum Gasteiger partial charge on any atom is -0.455 e. The Kier molecular flexibility index (Phi) is 5.78. The number of hydrogen-bond donors (Lipinski definition) is 2. The van der Waals surface area contributed by atoms with Crippen molar-refractivity contribution in [2.45, 2.75) is 23.0 Å². The van der Waals surface area contributed by atoms with Crippen LogP contribution in [-0.4, -0.2) is 14.4 Å². The Balaban J connectivity index is 1.33. The van der Waals surface area contributed by atoms with Gasteiger partial charge in [0.05, 0.1) is 33.8 Å². The van der Waals surface area contributed by atoms with Crippen molar-refractivity contribution in [3.05, 3.63) is 120 Å². The lowest BCUT2D eigenvalue weighted by molar-refractivity contribution is 0.281. The minimum absolute atomic E-state index is 0.00481. The SMILES string of the molecule is O=S1c2c(ccc3cc(-c4cccc(CO)c4)ccc23)Oc2ccc3cc(-c4cccc(CO)c4)ccc3c21. The van der Waals surface area contributed by atoms with E-state index in [0.717, 1.165) is 54.9 Å². The Morgan fingerprint density at radius 1 is 0.538 bits per heavy atom. The summed E-state index contributed by atoms with van der Waals surface area (Å²) in [4.78, 5) is 1.37. The molecule has 0 atom stereocenters. The van der Waals surface area contributed by atoms with Gasteiger partial charge in [-0.25, -0.2) is 4.21 Å². The maximum Gasteiger partial charge on any atom is 0.144 e. The van der Waals surface area contributed by atoms with Crippen molar-refractivity contribution < 1.29 is 19.2 Å². The molecule has 6 aromatic rings. The number of aliphatic hydroxyl groups excluding tert-OH is 2. The van der Waals surface area contributed by atoms with Crippen LogP contribution in [0.15, 0.2) is 119 Å². The zero-order chi connectivity index (χ0) is 26.5. The van der Waals surface area contributed by atoms with Crippen LogP contribution in [0.1, 0.15) is 11.1 Å². The number of hydrogen-bond acceptors (Lipinski definition) is 4. The molecule has 190 valence electrons. The highest BCUT2D eigenvalue weighted by molar-refractivity contribution is 7.86. The molecular weight excluding hydrogens is 504 g/mol. The second-order valence-electron chi connectivity index (χ2n) is 9.75. The fourth-order valence-electron chi connectivity index (χ4n) is 5.38. The lowest BCUT2D eigenvalue weighted by Gasteiger charge is -2.23. The molecule has 1 aliphatic heterocycles. The number of aliphatic hydroxyl groups is 2. The fraction of sp³-hybridized carbons (Fsp3) is 0.0588. The van der Waals surface area contributed by atoms with Crippen molar-refractivity contribution in [1.82, 2.24) is 0 Å². The molecule has 0 unspecified atom stereocenters. The van der Waals surface area contributed by atoms with Gasteiger partial charge in [0.1, 0.15) is 11.5 Å². The van der Waals surface area contributed by atoms with E-state index in [-0.39, 0.29) is 13.2 Å². The summed E-state index contributed by atoms with van der Waals surface area (Å²) in [6.07, 6.45) is 0. The average Bonchev–Trinajstić information content (AvgIpc) is 3.00. The van der Waals surface area contributed by atoms with Crippen molar-refractivity contribution >= 4 is 32.3 Å². The van der Waals surface area contributed by atoms with E-state index in [9.17, 15) is 14.4 Å². The van der Waals surface area contributed by atoms with Crippen LogP contribution in [0.5, 0.6) is 11.5 Å². The van der Waals surface area contributed by atoms with E-state index in [1.165, 1.54) is 0 Å². The van der Waals surface area contributed by atoms with Gasteiger partial charge < -0.3 is 14.9 Å². The molecule has 6 aromatic carbocycles. The molecule has 7 rings (SSSR count). The van der Waals surface area contributed by atoms with Crippen molar-refractivity contribution in [3.63, 3.8) is 0 Å². The minimum atomic E-state index is -1.44. The van der Waals surface area contributed by atoms with Crippen LogP contribution >= 0.6 is 0 Å². The first-order valence-electron chi connectivity index (χ1n) is 12.8. The number of fused-ring (bicyclic) bond motifs is 6. The van der Waals surface area contributed by atoms with Crippen molar-refractivity contribution in [2.24, 2.45) is 0 Å². The summed E-state index contributed by atoms with van der Waals surface area (Å²) in [5.74, 6) is 1.22. The van der Waals surface area contributed by atoms with E-state index >= 15 is 0 Å². The second-order valence-corrected chi connectivity index (χ2v) is 11.1. The van der Waals surface area contributed by atoms with Crippen LogP contribution in [0.25, 0.3) is 43.8 Å². The Morgan fingerprint density at radius 3 is 1.46 bits per heavy atom. The van der Waals surface area contributed by atoms with Gasteiger partial charge in [0.15, 0.2) is 0 Å². The van der Waals surface area contributed by atoms with E-state index in [1.807, 2.05) is 97.1 Å². The van der Waals surface area contributed by atoms with Gasteiger partial charge >= 0.3 is 0 Å². The summed E-state index contributed by atoms with van der Waals surface area (Å²) in [5, 5.41) is 22.8. The molecule has 0 fully saturated rings. The highest BCUT2D eigenvalue weighted by atomic mass is 32.2. The van der Waals surface area contributed by atoms with E-state index in [1.54, 1.807) is 0 Å². The summed E-state index contributed by atoms with van der Waals surface area (Å²) >= 11 is 0. The lowest BCUT2D eigenvalue weighted by Crippen LogP contribution is -2.06. The van der Waals surface area contributed by atoms with Gasteiger partial charge in [0, 0.05) is 10.8 Å². The molecule has 39 heavy (non-hydrogen) atoms. The predicted molar refractivity (Wildman–Crippen MR) is 155 cm³/mol. The topological polar surface area (TPSA) is 66.8 Å². The molecule has 0 radical (unpaired) electrons. The van der Waals surface area contributed by atoms with Gasteiger partial charge in [0.25, 0.3) is 0 Å². The summed E-state index contributed by atoms with van der Waals surface area (Å²) < 4.78 is 20.5. The van der Waals surface area contributed by atoms with E-state index < -0.39 is 10.8 Å². The van der Waals surface area contributed by atoms with Gasteiger partial charge in [0.2, 0.25) is 0 Å². The van der Waals surface area contributed by atoms with Crippen molar-refractivity contribution in [2.75, 3.05) is 0 Å². The van der Waals surface area contributed by atoms with Gasteiger partial charge in [-0.1, -0.05) is 72.8 Å². The zero-order valence-electron chi connectivity index (χ0n) is 20.9. The average molecular weight is 529 g/mol. The summed E-state index contributed by atoms with van der Waals surface area (Å²) in [6, 6.07) is 35.8. The molecule has 2 N–H and O–H groups in total. The Morgan fingerprint density at radius 2 is 1.00 bits per heavy atom. The first-order valence-corrected chi connectivity index (χ1v) is 13.9. The molecule has 0 aliphatic carbocycles. The van der Waals surface area contributed by atoms with Gasteiger partial charge in [-0.15, -0.1) is 0 Å². The standard InChI is InChI=1S/C34H24O4S/c35-19-21-3-1-5-23(15-21)25-7-11-29-27(17-25)9-13-31-33(29)39(37)34-30-12-8-26(18-28(30)10-14-32(34)38-31)24-6-2-4-22(16-24)20-36/h1-18,35-36H,19-20H2. The number of ether oxygens (including phenoxy) is 1. The van der Waals surface area contributed by atoms with Crippen LogP contribution in [-0.2, 0) is 24.0 Å². The monoisotopic (exact) mass is 528 g/mol. The molecule has 5 heteroatoms. The third kappa shape index (κ3) is 4.03. The van der Waals surface area contributed by atoms with Gasteiger partial charge in [-0.2, -0.15) is 0 Å². The molecule has 1 aliphatic rings. The summed E-state index contributed by atoms with van der Waals surface area (Å²) in [5.41, 5.74) is 5.83. The van der Waals surface area contributed by atoms with Crippen LogP contribution in [0.2, 0.25) is 0 Å². The quantitative estimate of drug-likeness (QED) is 0.247. The van der Waals surface area contributed by atoms with Crippen molar-refractivity contribution in [3.8, 4) is 33.8 Å². The van der Waals surface area contributed by atoms with Gasteiger partial charge in [-0.3, -0.25) is 0 Å². The molecule has 0 spiro atoms. The largest absolute Gasteiger partial charge is 0.455 e. The Hall–Kier alpha value is -4.29. The molecule has 0 aromatic heterocycles. The molecular formula is C34H24O4S. The highest BCUT2D eigenvalue weighted by Gasteiger charge is 2.28. The van der Waals surface area contributed by atoms with E-state index in [0.29, 0.717) is 21.3 Å². The first kappa shape index (κ1) is 23.8. The maximum atomic E-state index is 14.2. The molecule has 0 amide bonds. The third-order valence-electron chi connectivity index (χ3n) is 7.34. The van der Waals surface area contributed by atoms with E-state index in [2.05, 4.69) is 12.1 Å². The van der Waals surface area contributed by atoms with Crippen LogP contribution < -0.4 is 4.74 Å². The molecule has 0 bridgehead atoms. The Bertz CT molecular complexity index is 1800. The van der Waals surface area contributed by atoms with Gasteiger partial charge in [-0.05, 0) is 80.6 Å². The van der Waals surface area contributed by atoms with Crippen LogP contribution in [0.4, 0.5) is 0 Å². The van der Waals surface area contributed by atoms with E-state index in [4.69, 9.17) is 4.74 Å².